The van der Waals surface area contributed by atoms with Gasteiger partial charge < -0.3 is 0 Å². The second kappa shape index (κ2) is 3.34. The van der Waals surface area contributed by atoms with E-state index in [2.05, 4.69) is 30.1 Å². The molecule has 0 saturated carbocycles. The zero-order valence-electron chi connectivity index (χ0n) is 7.01. The smallest absolute Gasteiger partial charge is 0.199 e. The van der Waals surface area contributed by atoms with Gasteiger partial charge in [0.1, 0.15) is 6.17 Å². The van der Waals surface area contributed by atoms with Crippen LogP contribution in [-0.2, 0) is 0 Å². The number of nitrogens with zero attached hydrogens (tertiary/aromatic N) is 1. The topological polar surface area (TPSA) is 39.3 Å². The molecule has 0 aromatic rings. The van der Waals surface area contributed by atoms with Crippen molar-refractivity contribution in [3.05, 3.63) is 0 Å². The number of thiocarbonyl (C=S) groups is 1. The van der Waals surface area contributed by atoms with Crippen molar-refractivity contribution in [2.24, 2.45) is 0 Å². The van der Waals surface area contributed by atoms with Crippen LogP contribution < -0.4 is 16.3 Å². The van der Waals surface area contributed by atoms with Gasteiger partial charge >= 0.3 is 0 Å². The maximum Gasteiger partial charge on any atom is 0.199 e. The molecule has 3 N–H and O–H groups in total. The van der Waals surface area contributed by atoms with Crippen molar-refractivity contribution in [2.75, 3.05) is 0 Å². The highest BCUT2D eigenvalue weighted by Gasteiger charge is 2.23. The zero-order chi connectivity index (χ0) is 8.43. The van der Waals surface area contributed by atoms with Crippen LogP contribution >= 0.6 is 12.2 Å². The average Bonchev–Trinajstić information content (AvgIpc) is 2.18. The van der Waals surface area contributed by atoms with Crippen molar-refractivity contribution in [3.63, 3.8) is 0 Å². The first-order chi connectivity index (χ1) is 5.11. The van der Waals surface area contributed by atoms with E-state index in [-0.39, 0.29) is 6.17 Å². The van der Waals surface area contributed by atoms with E-state index in [1.807, 2.05) is 11.9 Å². The Morgan fingerprint density at radius 3 is 2.64 bits per heavy atom. The van der Waals surface area contributed by atoms with E-state index in [1.165, 1.54) is 0 Å². The fourth-order valence-corrected chi connectivity index (χ4v) is 1.19. The minimum absolute atomic E-state index is 0.213. The number of nitrogens with one attached hydrogen (secondary N) is 3. The Balaban J connectivity index is 2.48. The normalized spacial score (nSPS) is 24.5. The van der Waals surface area contributed by atoms with Crippen LogP contribution in [-0.4, -0.2) is 22.3 Å². The Kier molecular flexibility index (Phi) is 2.64. The van der Waals surface area contributed by atoms with Crippen molar-refractivity contribution in [1.82, 2.24) is 21.3 Å². The Hall–Kier alpha value is -0.390. The molecule has 5 heteroatoms. The Morgan fingerprint density at radius 2 is 2.27 bits per heavy atom. The van der Waals surface area contributed by atoms with Crippen LogP contribution in [0.15, 0.2) is 0 Å². The molecule has 11 heavy (non-hydrogen) atoms. The zero-order valence-corrected chi connectivity index (χ0v) is 7.83. The van der Waals surface area contributed by atoms with E-state index in [0.29, 0.717) is 11.2 Å². The standard InChI is InChI=1S/C6H14N4S/c1-4(2)9-10-5(3)7-8-6(10)11/h4-5,7,9H,1-3H3,(H,8,11)/t5-/m1/s1. The summed E-state index contributed by atoms with van der Waals surface area (Å²) in [7, 11) is 0. The SMILES string of the molecule is CC(C)NN1C(=S)NN[C@H]1C. The Labute approximate surface area is 72.3 Å². The largest absolute Gasteiger partial charge is 0.295 e. The van der Waals surface area contributed by atoms with E-state index in [4.69, 9.17) is 12.2 Å². The predicted molar refractivity (Wildman–Crippen MR) is 48.4 cm³/mol. The van der Waals surface area contributed by atoms with Gasteiger partial charge in [-0.2, -0.15) is 0 Å². The molecule has 0 unspecified atom stereocenters. The summed E-state index contributed by atoms with van der Waals surface area (Å²) < 4.78 is 0. The van der Waals surface area contributed by atoms with E-state index < -0.39 is 0 Å². The monoisotopic (exact) mass is 174 g/mol. The number of hydrazine groups is 2. The third kappa shape index (κ3) is 2.02. The van der Waals surface area contributed by atoms with Crippen LogP contribution in [0, 0.1) is 0 Å². The van der Waals surface area contributed by atoms with Crippen LogP contribution in [0.4, 0.5) is 0 Å². The summed E-state index contributed by atoms with van der Waals surface area (Å²) in [4.78, 5) is 0. The highest BCUT2D eigenvalue weighted by molar-refractivity contribution is 7.80. The van der Waals surface area contributed by atoms with Crippen molar-refractivity contribution in [1.29, 1.82) is 0 Å². The molecule has 1 fully saturated rings. The summed E-state index contributed by atoms with van der Waals surface area (Å²) >= 11 is 5.03. The lowest BCUT2D eigenvalue weighted by molar-refractivity contribution is 0.224. The molecule has 0 aromatic heterocycles. The predicted octanol–water partition coefficient (Wildman–Crippen LogP) is -0.0599. The summed E-state index contributed by atoms with van der Waals surface area (Å²) in [5.74, 6) is 0. The van der Waals surface area contributed by atoms with Crippen LogP contribution in [0.25, 0.3) is 0 Å². The molecule has 0 spiro atoms. The highest BCUT2D eigenvalue weighted by Crippen LogP contribution is 1.98. The van der Waals surface area contributed by atoms with Gasteiger partial charge in [0.2, 0.25) is 0 Å². The first-order valence-electron chi connectivity index (χ1n) is 3.72. The van der Waals surface area contributed by atoms with Crippen molar-refractivity contribution in [2.45, 2.75) is 33.0 Å². The van der Waals surface area contributed by atoms with Crippen LogP contribution in [0.5, 0.6) is 0 Å². The van der Waals surface area contributed by atoms with E-state index in [1.54, 1.807) is 0 Å². The molecule has 0 bridgehead atoms. The molecule has 1 aliphatic rings. The molecule has 1 atom stereocenters. The van der Waals surface area contributed by atoms with Crippen molar-refractivity contribution in [3.8, 4) is 0 Å². The lowest BCUT2D eigenvalue weighted by atomic mass is 10.4. The second-order valence-electron chi connectivity index (χ2n) is 2.90. The van der Waals surface area contributed by atoms with Gasteiger partial charge in [-0.3, -0.25) is 10.4 Å². The Bertz CT molecular complexity index is 159. The second-order valence-corrected chi connectivity index (χ2v) is 3.29. The van der Waals surface area contributed by atoms with Gasteiger partial charge in [0.05, 0.1) is 0 Å². The third-order valence-corrected chi connectivity index (χ3v) is 1.69. The highest BCUT2D eigenvalue weighted by atomic mass is 32.1. The fourth-order valence-electron chi connectivity index (χ4n) is 0.915. The lowest BCUT2D eigenvalue weighted by Gasteiger charge is -2.23. The number of hydrogen-bond donors (Lipinski definition) is 3. The molecule has 1 rings (SSSR count). The number of hydrogen-bond acceptors (Lipinski definition) is 3. The van der Waals surface area contributed by atoms with Gasteiger partial charge in [0.15, 0.2) is 5.11 Å². The summed E-state index contributed by atoms with van der Waals surface area (Å²) in [5.41, 5.74) is 9.07. The van der Waals surface area contributed by atoms with Gasteiger partial charge in [-0.25, -0.2) is 10.9 Å². The molecule has 0 aliphatic carbocycles. The first-order valence-corrected chi connectivity index (χ1v) is 4.13. The molecule has 0 amide bonds. The molecule has 1 heterocycles. The van der Waals surface area contributed by atoms with E-state index >= 15 is 0 Å². The summed E-state index contributed by atoms with van der Waals surface area (Å²) in [6.07, 6.45) is 0.213. The molecular weight excluding hydrogens is 160 g/mol. The third-order valence-electron chi connectivity index (χ3n) is 1.39. The molecule has 0 aromatic carbocycles. The maximum atomic E-state index is 5.03. The van der Waals surface area contributed by atoms with Gasteiger partial charge in [0, 0.05) is 6.04 Å². The average molecular weight is 174 g/mol. The maximum absolute atomic E-state index is 5.03. The first kappa shape index (κ1) is 8.70. The molecular formula is C6H14N4S. The molecule has 1 aliphatic heterocycles. The van der Waals surface area contributed by atoms with E-state index in [0.717, 1.165) is 0 Å². The summed E-state index contributed by atoms with van der Waals surface area (Å²) in [5, 5.41) is 2.60. The van der Waals surface area contributed by atoms with Crippen molar-refractivity contribution >= 4 is 17.3 Å². The van der Waals surface area contributed by atoms with Crippen LogP contribution in [0.3, 0.4) is 0 Å². The van der Waals surface area contributed by atoms with Crippen LogP contribution in [0.1, 0.15) is 20.8 Å². The fraction of sp³-hybridized carbons (Fsp3) is 0.833. The van der Waals surface area contributed by atoms with Gasteiger partial charge in [0.25, 0.3) is 0 Å². The van der Waals surface area contributed by atoms with E-state index in [9.17, 15) is 0 Å². The lowest BCUT2D eigenvalue weighted by Crippen LogP contribution is -2.48. The molecule has 1 saturated heterocycles. The summed E-state index contributed by atoms with van der Waals surface area (Å²) in [6, 6.07) is 0.400. The van der Waals surface area contributed by atoms with Gasteiger partial charge in [-0.1, -0.05) is 0 Å². The Morgan fingerprint density at radius 1 is 1.64 bits per heavy atom. The minimum Gasteiger partial charge on any atom is -0.295 e. The molecule has 64 valence electrons. The van der Waals surface area contributed by atoms with Gasteiger partial charge in [-0.05, 0) is 33.0 Å². The van der Waals surface area contributed by atoms with Crippen LogP contribution in [0.2, 0.25) is 0 Å². The van der Waals surface area contributed by atoms with Gasteiger partial charge in [-0.15, -0.1) is 0 Å². The minimum atomic E-state index is 0.213. The van der Waals surface area contributed by atoms with Crippen molar-refractivity contribution < 1.29 is 0 Å². The quantitative estimate of drug-likeness (QED) is 0.512. The number of rotatable bonds is 2. The molecule has 0 radical (unpaired) electrons. The summed E-state index contributed by atoms with van der Waals surface area (Å²) in [6.45, 7) is 6.18. The molecule has 4 nitrogen and oxygen atoms in total.